The van der Waals surface area contributed by atoms with E-state index in [4.69, 9.17) is 9.52 Å². The van der Waals surface area contributed by atoms with Gasteiger partial charge in [0.2, 0.25) is 0 Å². The molecule has 0 radical (unpaired) electrons. The van der Waals surface area contributed by atoms with Crippen molar-refractivity contribution in [3.05, 3.63) is 48.4 Å². The first-order valence-corrected chi connectivity index (χ1v) is 7.71. The maximum absolute atomic E-state index is 11.8. The average molecular weight is 345 g/mol. The van der Waals surface area contributed by atoms with Crippen LogP contribution < -0.4 is 16.0 Å². The highest BCUT2D eigenvalue weighted by Crippen LogP contribution is 2.15. The van der Waals surface area contributed by atoms with Crippen LogP contribution in [0.1, 0.15) is 23.9 Å². The number of amides is 3. The molecule has 3 amide bonds. The predicted molar refractivity (Wildman–Crippen MR) is 91.0 cm³/mol. The SMILES string of the molecule is CCC(CO)NC(=O)C(=O)Nc1ccc(NC(=O)c2ccco2)cc1. The molecule has 1 aromatic heterocycles. The molecular weight excluding hydrogens is 326 g/mol. The summed E-state index contributed by atoms with van der Waals surface area (Å²) in [6, 6.07) is 8.95. The Morgan fingerprint density at radius 1 is 1.04 bits per heavy atom. The molecule has 0 spiro atoms. The molecule has 2 rings (SSSR count). The zero-order valence-corrected chi connectivity index (χ0v) is 13.6. The first-order valence-electron chi connectivity index (χ1n) is 7.71. The molecule has 0 bridgehead atoms. The Balaban J connectivity index is 1.90. The van der Waals surface area contributed by atoms with Crippen LogP contribution in [0, 0.1) is 0 Å². The van der Waals surface area contributed by atoms with Gasteiger partial charge in [0.15, 0.2) is 5.76 Å². The van der Waals surface area contributed by atoms with Crippen LogP contribution in [-0.4, -0.2) is 35.5 Å². The fraction of sp³-hybridized carbons (Fsp3) is 0.235. The molecule has 8 heteroatoms. The van der Waals surface area contributed by atoms with Crippen molar-refractivity contribution in [1.82, 2.24) is 5.32 Å². The van der Waals surface area contributed by atoms with Crippen molar-refractivity contribution >= 4 is 29.1 Å². The smallest absolute Gasteiger partial charge is 0.313 e. The van der Waals surface area contributed by atoms with E-state index in [1.165, 1.54) is 6.26 Å². The van der Waals surface area contributed by atoms with E-state index in [2.05, 4.69) is 16.0 Å². The zero-order chi connectivity index (χ0) is 18.2. The van der Waals surface area contributed by atoms with Crippen molar-refractivity contribution in [2.45, 2.75) is 19.4 Å². The summed E-state index contributed by atoms with van der Waals surface area (Å²) < 4.78 is 4.99. The maximum atomic E-state index is 11.8. The average Bonchev–Trinajstić information content (AvgIpc) is 3.15. The first-order chi connectivity index (χ1) is 12.0. The summed E-state index contributed by atoms with van der Waals surface area (Å²) in [5, 5.41) is 16.5. The minimum absolute atomic E-state index is 0.184. The summed E-state index contributed by atoms with van der Waals surface area (Å²) in [7, 11) is 0. The van der Waals surface area contributed by atoms with Gasteiger partial charge in [-0.1, -0.05) is 6.92 Å². The Kier molecular flexibility index (Phi) is 6.30. The van der Waals surface area contributed by atoms with Crippen molar-refractivity contribution < 1.29 is 23.9 Å². The quantitative estimate of drug-likeness (QED) is 0.589. The third-order valence-corrected chi connectivity index (χ3v) is 3.40. The molecule has 0 saturated heterocycles. The van der Waals surface area contributed by atoms with Crippen LogP contribution in [0.2, 0.25) is 0 Å². The Bertz CT molecular complexity index is 721. The molecule has 0 aliphatic rings. The highest BCUT2D eigenvalue weighted by atomic mass is 16.3. The standard InChI is InChI=1S/C17H19N3O5/c1-2-11(10-21)18-16(23)17(24)20-13-7-5-12(6-8-13)19-15(22)14-4-3-9-25-14/h3-9,11,21H,2,10H2,1H3,(H,18,23)(H,19,22)(H,20,24). The third-order valence-electron chi connectivity index (χ3n) is 3.40. The van der Waals surface area contributed by atoms with Gasteiger partial charge in [-0.25, -0.2) is 0 Å². The second-order valence-corrected chi connectivity index (χ2v) is 5.22. The van der Waals surface area contributed by atoms with E-state index in [9.17, 15) is 14.4 Å². The molecule has 1 unspecified atom stereocenters. The van der Waals surface area contributed by atoms with Gasteiger partial charge in [-0.05, 0) is 42.8 Å². The fourth-order valence-corrected chi connectivity index (χ4v) is 1.95. The second-order valence-electron chi connectivity index (χ2n) is 5.22. The highest BCUT2D eigenvalue weighted by molar-refractivity contribution is 6.39. The predicted octanol–water partition coefficient (Wildman–Crippen LogP) is 1.36. The molecule has 8 nitrogen and oxygen atoms in total. The van der Waals surface area contributed by atoms with Crippen molar-refractivity contribution in [2.24, 2.45) is 0 Å². The molecule has 1 aromatic carbocycles. The van der Waals surface area contributed by atoms with Gasteiger partial charge in [0.1, 0.15) is 0 Å². The lowest BCUT2D eigenvalue weighted by atomic mass is 10.2. The van der Waals surface area contributed by atoms with Gasteiger partial charge in [0.25, 0.3) is 5.91 Å². The number of carbonyl (C=O) groups is 3. The van der Waals surface area contributed by atoms with Crippen LogP contribution >= 0.6 is 0 Å². The number of hydrogen-bond acceptors (Lipinski definition) is 5. The topological polar surface area (TPSA) is 121 Å². The minimum Gasteiger partial charge on any atom is -0.459 e. The van der Waals surface area contributed by atoms with Crippen LogP contribution in [0.4, 0.5) is 11.4 Å². The summed E-state index contributed by atoms with van der Waals surface area (Å²) >= 11 is 0. The Morgan fingerprint density at radius 3 is 2.20 bits per heavy atom. The molecule has 2 aromatic rings. The second kappa shape index (κ2) is 8.65. The van der Waals surface area contributed by atoms with Gasteiger partial charge in [0, 0.05) is 11.4 Å². The number of anilines is 2. The Labute approximate surface area is 144 Å². The summed E-state index contributed by atoms with van der Waals surface area (Å²) in [6.07, 6.45) is 1.91. The third kappa shape index (κ3) is 5.18. The largest absolute Gasteiger partial charge is 0.459 e. The summed E-state index contributed by atoms with van der Waals surface area (Å²) in [6.45, 7) is 1.55. The van der Waals surface area contributed by atoms with Gasteiger partial charge < -0.3 is 25.5 Å². The first kappa shape index (κ1) is 18.2. The molecule has 1 heterocycles. The zero-order valence-electron chi connectivity index (χ0n) is 13.6. The molecule has 4 N–H and O–H groups in total. The van der Waals surface area contributed by atoms with Gasteiger partial charge in [-0.2, -0.15) is 0 Å². The van der Waals surface area contributed by atoms with Crippen LogP contribution in [0.15, 0.2) is 47.1 Å². The monoisotopic (exact) mass is 345 g/mol. The number of rotatable bonds is 6. The van der Waals surface area contributed by atoms with E-state index in [0.29, 0.717) is 17.8 Å². The van der Waals surface area contributed by atoms with Crippen LogP contribution in [-0.2, 0) is 9.59 Å². The number of benzene rings is 1. The van der Waals surface area contributed by atoms with Gasteiger partial charge >= 0.3 is 11.8 Å². The summed E-state index contributed by atoms with van der Waals surface area (Å²) in [4.78, 5) is 35.4. The van der Waals surface area contributed by atoms with Gasteiger partial charge in [-0.15, -0.1) is 0 Å². The lowest BCUT2D eigenvalue weighted by molar-refractivity contribution is -0.136. The van der Waals surface area contributed by atoms with E-state index in [1.807, 2.05) is 0 Å². The van der Waals surface area contributed by atoms with Crippen molar-refractivity contribution in [2.75, 3.05) is 17.2 Å². The molecule has 25 heavy (non-hydrogen) atoms. The number of hydrogen-bond donors (Lipinski definition) is 4. The van der Waals surface area contributed by atoms with Crippen molar-refractivity contribution in [3.63, 3.8) is 0 Å². The highest BCUT2D eigenvalue weighted by Gasteiger charge is 2.17. The van der Waals surface area contributed by atoms with Crippen LogP contribution in [0.25, 0.3) is 0 Å². The summed E-state index contributed by atoms with van der Waals surface area (Å²) in [5.74, 6) is -1.87. The number of aliphatic hydroxyl groups is 1. The lowest BCUT2D eigenvalue weighted by Crippen LogP contribution is -2.43. The van der Waals surface area contributed by atoms with Crippen LogP contribution in [0.5, 0.6) is 0 Å². The minimum atomic E-state index is -0.834. The molecule has 0 saturated carbocycles. The van der Waals surface area contributed by atoms with Gasteiger partial charge in [-0.3, -0.25) is 14.4 Å². The number of nitrogens with one attached hydrogen (secondary N) is 3. The number of furan rings is 1. The lowest BCUT2D eigenvalue weighted by Gasteiger charge is -2.13. The molecule has 132 valence electrons. The molecule has 1 atom stereocenters. The fourth-order valence-electron chi connectivity index (χ4n) is 1.95. The molecule has 0 aliphatic carbocycles. The number of carbonyl (C=O) groups excluding carboxylic acids is 3. The van der Waals surface area contributed by atoms with E-state index in [0.717, 1.165) is 0 Å². The summed E-state index contributed by atoms with van der Waals surface area (Å²) in [5.41, 5.74) is 0.906. The number of aliphatic hydroxyl groups excluding tert-OH is 1. The van der Waals surface area contributed by atoms with Gasteiger partial charge in [0.05, 0.1) is 18.9 Å². The van der Waals surface area contributed by atoms with E-state index in [1.54, 1.807) is 43.3 Å². The van der Waals surface area contributed by atoms with E-state index in [-0.39, 0.29) is 12.4 Å². The Hall–Kier alpha value is -3.13. The molecule has 0 aliphatic heterocycles. The maximum Gasteiger partial charge on any atom is 0.313 e. The van der Waals surface area contributed by atoms with Crippen molar-refractivity contribution in [1.29, 1.82) is 0 Å². The van der Waals surface area contributed by atoms with E-state index < -0.39 is 23.8 Å². The Morgan fingerprint density at radius 2 is 1.68 bits per heavy atom. The van der Waals surface area contributed by atoms with Crippen LogP contribution in [0.3, 0.4) is 0 Å². The molecular formula is C17H19N3O5. The van der Waals surface area contributed by atoms with Crippen molar-refractivity contribution in [3.8, 4) is 0 Å². The molecule has 0 fully saturated rings. The van der Waals surface area contributed by atoms with E-state index >= 15 is 0 Å². The normalized spacial score (nSPS) is 11.4.